The van der Waals surface area contributed by atoms with E-state index < -0.39 is 0 Å². The molecule has 0 bridgehead atoms. The summed E-state index contributed by atoms with van der Waals surface area (Å²) in [6.07, 6.45) is 7.00. The van der Waals surface area contributed by atoms with Crippen LogP contribution >= 0.6 is 0 Å². The molecule has 1 aromatic carbocycles. The number of hydrogen-bond donors (Lipinski definition) is 0. The molecule has 2 rings (SSSR count). The monoisotopic (exact) mass is 144 g/mol. The second kappa shape index (κ2) is 2.91. The van der Waals surface area contributed by atoms with Gasteiger partial charge in [-0.1, -0.05) is 42.5 Å². The van der Waals surface area contributed by atoms with Gasteiger partial charge in [0.1, 0.15) is 0 Å². The lowest BCUT2D eigenvalue weighted by molar-refractivity contribution is 0.754. The minimum Gasteiger partial charge on any atom is -0.0879 e. The van der Waals surface area contributed by atoms with E-state index in [-0.39, 0.29) is 0 Å². The fraction of sp³-hybridized carbons (Fsp3) is 0.273. The van der Waals surface area contributed by atoms with Crippen LogP contribution in [-0.2, 0) is 0 Å². The second-order valence-corrected chi connectivity index (χ2v) is 3.05. The molecule has 0 unspecified atom stereocenters. The van der Waals surface area contributed by atoms with Gasteiger partial charge in [0.25, 0.3) is 0 Å². The quantitative estimate of drug-likeness (QED) is 0.531. The van der Waals surface area contributed by atoms with Crippen LogP contribution in [0.25, 0.3) is 0 Å². The van der Waals surface area contributed by atoms with Crippen molar-refractivity contribution in [1.29, 1.82) is 0 Å². The van der Waals surface area contributed by atoms with Crippen molar-refractivity contribution in [3.05, 3.63) is 48.0 Å². The van der Waals surface area contributed by atoms with E-state index in [1.807, 2.05) is 0 Å². The number of hydrogen-bond acceptors (Lipinski definition) is 0. The molecule has 0 saturated carbocycles. The van der Waals surface area contributed by atoms with Crippen LogP contribution in [0.5, 0.6) is 0 Å². The average molecular weight is 144 g/mol. The fourth-order valence-corrected chi connectivity index (χ4v) is 1.61. The molecule has 1 aliphatic carbocycles. The lowest BCUT2D eigenvalue weighted by atomic mass is 9.97. The van der Waals surface area contributed by atoms with Crippen molar-refractivity contribution in [2.24, 2.45) is 0 Å². The lowest BCUT2D eigenvalue weighted by Crippen LogP contribution is -1.90. The van der Waals surface area contributed by atoms with E-state index in [0.717, 1.165) is 5.92 Å². The Morgan fingerprint density at radius 1 is 0.909 bits per heavy atom. The molecule has 0 spiro atoms. The van der Waals surface area contributed by atoms with Crippen LogP contribution in [0.4, 0.5) is 0 Å². The van der Waals surface area contributed by atoms with Crippen molar-refractivity contribution in [2.75, 3.05) is 0 Å². The lowest BCUT2D eigenvalue weighted by Gasteiger charge is -2.07. The van der Waals surface area contributed by atoms with Crippen molar-refractivity contribution in [2.45, 2.75) is 18.8 Å². The standard InChI is InChI=1S/C11H12/c1-2-6-10(7-3-1)11-8-4-5-9-11/h1-7,11H,8-9H2. The third-order valence-electron chi connectivity index (χ3n) is 2.28. The van der Waals surface area contributed by atoms with Gasteiger partial charge in [0.05, 0.1) is 0 Å². The van der Waals surface area contributed by atoms with Gasteiger partial charge in [-0.2, -0.15) is 0 Å². The van der Waals surface area contributed by atoms with Crippen LogP contribution < -0.4 is 0 Å². The smallest absolute Gasteiger partial charge is 0.00928 e. The first-order chi connectivity index (χ1) is 5.47. The zero-order valence-electron chi connectivity index (χ0n) is 6.53. The largest absolute Gasteiger partial charge is 0.0879 e. The molecule has 0 radical (unpaired) electrons. The van der Waals surface area contributed by atoms with Crippen molar-refractivity contribution >= 4 is 0 Å². The third kappa shape index (κ3) is 1.35. The first-order valence-corrected chi connectivity index (χ1v) is 4.17. The van der Waals surface area contributed by atoms with Gasteiger partial charge in [-0.15, -0.1) is 0 Å². The highest BCUT2D eigenvalue weighted by Gasteiger charge is 2.10. The van der Waals surface area contributed by atoms with Gasteiger partial charge in [-0.25, -0.2) is 0 Å². The maximum atomic E-state index is 2.28. The van der Waals surface area contributed by atoms with Crippen LogP contribution in [0, 0.1) is 0 Å². The summed E-state index contributed by atoms with van der Waals surface area (Å²) in [6.45, 7) is 0. The summed E-state index contributed by atoms with van der Waals surface area (Å²) in [5.41, 5.74) is 1.48. The summed E-state index contributed by atoms with van der Waals surface area (Å²) in [4.78, 5) is 0. The van der Waals surface area contributed by atoms with Crippen LogP contribution in [-0.4, -0.2) is 0 Å². The molecule has 56 valence electrons. The molecule has 0 fully saturated rings. The van der Waals surface area contributed by atoms with Crippen molar-refractivity contribution in [1.82, 2.24) is 0 Å². The highest BCUT2D eigenvalue weighted by atomic mass is 14.2. The Balaban J connectivity index is 2.17. The van der Waals surface area contributed by atoms with E-state index in [9.17, 15) is 0 Å². The molecule has 0 heteroatoms. The Morgan fingerprint density at radius 2 is 1.55 bits per heavy atom. The van der Waals surface area contributed by atoms with Gasteiger partial charge in [0.15, 0.2) is 0 Å². The van der Waals surface area contributed by atoms with Crippen LogP contribution in [0.1, 0.15) is 24.3 Å². The Kier molecular flexibility index (Phi) is 1.76. The molecule has 0 nitrogen and oxygen atoms in total. The summed E-state index contributed by atoms with van der Waals surface area (Å²) in [5.74, 6) is 0.760. The first kappa shape index (κ1) is 6.66. The molecule has 0 heterocycles. The van der Waals surface area contributed by atoms with Gasteiger partial charge < -0.3 is 0 Å². The molecule has 11 heavy (non-hydrogen) atoms. The molecular formula is C11H12. The van der Waals surface area contributed by atoms with E-state index in [1.54, 1.807) is 0 Å². The molecule has 0 N–H and O–H groups in total. The molecule has 0 atom stereocenters. The minimum atomic E-state index is 0.760. The zero-order valence-corrected chi connectivity index (χ0v) is 6.53. The van der Waals surface area contributed by atoms with Gasteiger partial charge in [0.2, 0.25) is 0 Å². The Hall–Kier alpha value is -1.04. The van der Waals surface area contributed by atoms with Crippen molar-refractivity contribution in [3.63, 3.8) is 0 Å². The van der Waals surface area contributed by atoms with Crippen molar-refractivity contribution < 1.29 is 0 Å². The van der Waals surface area contributed by atoms with Crippen LogP contribution in [0.15, 0.2) is 42.5 Å². The minimum absolute atomic E-state index is 0.760. The Bertz CT molecular complexity index is 238. The number of rotatable bonds is 1. The molecule has 0 saturated heterocycles. The normalized spacial score (nSPS) is 17.5. The summed E-state index contributed by atoms with van der Waals surface area (Å²) >= 11 is 0. The van der Waals surface area contributed by atoms with E-state index in [1.165, 1.54) is 18.4 Å². The van der Waals surface area contributed by atoms with Crippen LogP contribution in [0.3, 0.4) is 0 Å². The number of benzene rings is 1. The van der Waals surface area contributed by atoms with E-state index in [0.29, 0.717) is 0 Å². The highest BCUT2D eigenvalue weighted by molar-refractivity contribution is 5.23. The van der Waals surface area contributed by atoms with E-state index >= 15 is 0 Å². The molecule has 0 aromatic heterocycles. The zero-order chi connectivity index (χ0) is 7.52. The molecule has 0 aliphatic heterocycles. The maximum absolute atomic E-state index is 2.28. The van der Waals surface area contributed by atoms with Crippen molar-refractivity contribution in [3.8, 4) is 0 Å². The third-order valence-corrected chi connectivity index (χ3v) is 2.28. The van der Waals surface area contributed by atoms with E-state index in [4.69, 9.17) is 0 Å². The van der Waals surface area contributed by atoms with E-state index in [2.05, 4.69) is 42.5 Å². The Labute approximate surface area is 67.6 Å². The summed E-state index contributed by atoms with van der Waals surface area (Å²) in [5, 5.41) is 0. The molecule has 1 aliphatic rings. The summed E-state index contributed by atoms with van der Waals surface area (Å²) in [6, 6.07) is 10.8. The average Bonchev–Trinajstić information content (AvgIpc) is 2.58. The predicted octanol–water partition coefficient (Wildman–Crippen LogP) is 3.12. The predicted molar refractivity (Wildman–Crippen MR) is 47.6 cm³/mol. The van der Waals surface area contributed by atoms with Gasteiger partial charge >= 0.3 is 0 Å². The fourth-order valence-electron chi connectivity index (χ4n) is 1.61. The first-order valence-electron chi connectivity index (χ1n) is 4.17. The van der Waals surface area contributed by atoms with Gasteiger partial charge in [0, 0.05) is 0 Å². The SMILES string of the molecule is C1=CCC(c2ccccc2)C1. The molecule has 0 amide bonds. The molecule has 1 aromatic rings. The maximum Gasteiger partial charge on any atom is -0.00928 e. The summed E-state index contributed by atoms with van der Waals surface area (Å²) in [7, 11) is 0. The molecular weight excluding hydrogens is 132 g/mol. The summed E-state index contributed by atoms with van der Waals surface area (Å²) < 4.78 is 0. The van der Waals surface area contributed by atoms with Gasteiger partial charge in [-0.3, -0.25) is 0 Å². The number of allylic oxidation sites excluding steroid dienone is 2. The van der Waals surface area contributed by atoms with Crippen LogP contribution in [0.2, 0.25) is 0 Å². The Morgan fingerprint density at radius 3 is 2.18 bits per heavy atom. The van der Waals surface area contributed by atoms with Gasteiger partial charge in [-0.05, 0) is 24.3 Å². The second-order valence-electron chi connectivity index (χ2n) is 3.05. The highest BCUT2D eigenvalue weighted by Crippen LogP contribution is 2.28. The topological polar surface area (TPSA) is 0 Å².